The Balaban J connectivity index is 1.40. The predicted octanol–water partition coefficient (Wildman–Crippen LogP) is 4.15. The van der Waals surface area contributed by atoms with Crippen molar-refractivity contribution in [2.45, 2.75) is 44.6 Å². The average Bonchev–Trinajstić information content (AvgIpc) is 3.56. The first-order valence-corrected chi connectivity index (χ1v) is 10.2. The molecule has 0 aliphatic heterocycles. The van der Waals surface area contributed by atoms with Crippen molar-refractivity contribution in [3.63, 3.8) is 0 Å². The van der Waals surface area contributed by atoms with Gasteiger partial charge in [0.2, 0.25) is 0 Å². The highest BCUT2D eigenvalue weighted by Gasteiger charge is 2.35. The molecule has 2 N–H and O–H groups in total. The number of rotatable bonds is 6. The molecule has 0 amide bonds. The van der Waals surface area contributed by atoms with Crippen LogP contribution >= 0.6 is 0 Å². The molecule has 3 aromatic rings. The molecule has 2 heterocycles. The van der Waals surface area contributed by atoms with Crippen molar-refractivity contribution < 1.29 is 0 Å². The zero-order valence-electron chi connectivity index (χ0n) is 15.2. The van der Waals surface area contributed by atoms with E-state index in [1.807, 2.05) is 6.20 Å². The first-order valence-electron chi connectivity index (χ1n) is 10.2. The van der Waals surface area contributed by atoms with Crippen molar-refractivity contribution in [3.05, 3.63) is 41.7 Å². The Hall–Kier alpha value is -2.07. The minimum Gasteiger partial charge on any atom is -0.361 e. The minimum absolute atomic E-state index is 0.645. The Morgan fingerprint density at radius 3 is 2.50 bits per heavy atom. The molecule has 4 nitrogen and oxygen atoms in total. The van der Waals surface area contributed by atoms with Crippen molar-refractivity contribution in [1.29, 1.82) is 0 Å². The number of aromatic amines is 2. The summed E-state index contributed by atoms with van der Waals surface area (Å²) in [5, 5.41) is 8.84. The molecule has 2 fully saturated rings. The van der Waals surface area contributed by atoms with Crippen molar-refractivity contribution in [3.8, 4) is 11.3 Å². The molecule has 1 aromatic carbocycles. The molecule has 2 aromatic heterocycles. The number of nitrogens with zero attached hydrogens (tertiary/aromatic N) is 2. The second-order valence-corrected chi connectivity index (χ2v) is 8.70. The van der Waals surface area contributed by atoms with E-state index in [1.54, 1.807) is 0 Å². The number of aromatic nitrogens is 3. The smallest absolute Gasteiger partial charge is 0.0653 e. The van der Waals surface area contributed by atoms with Crippen LogP contribution in [-0.4, -0.2) is 39.2 Å². The summed E-state index contributed by atoms with van der Waals surface area (Å²) < 4.78 is 0. The highest BCUT2D eigenvalue weighted by Crippen LogP contribution is 2.40. The molecular formula is C22H26N4. The molecule has 3 aliphatic carbocycles. The zero-order chi connectivity index (χ0) is 17.1. The zero-order valence-corrected chi connectivity index (χ0v) is 15.2. The summed E-state index contributed by atoms with van der Waals surface area (Å²) >= 11 is 0. The summed E-state index contributed by atoms with van der Waals surface area (Å²) in [6, 6.07) is 7.23. The molecule has 134 valence electrons. The maximum atomic E-state index is 4.19. The first kappa shape index (κ1) is 15.0. The van der Waals surface area contributed by atoms with Gasteiger partial charge >= 0.3 is 0 Å². The molecular weight excluding hydrogens is 320 g/mol. The second kappa shape index (κ2) is 5.71. The van der Waals surface area contributed by atoms with Crippen LogP contribution in [0.15, 0.2) is 30.6 Å². The van der Waals surface area contributed by atoms with Crippen LogP contribution in [0.3, 0.4) is 0 Å². The van der Waals surface area contributed by atoms with E-state index >= 15 is 0 Å². The molecule has 4 heteroatoms. The highest BCUT2D eigenvalue weighted by atomic mass is 15.2. The molecule has 0 spiro atoms. The van der Waals surface area contributed by atoms with E-state index in [-0.39, 0.29) is 0 Å². The Morgan fingerprint density at radius 2 is 1.81 bits per heavy atom. The normalized spacial score (nSPS) is 22.4. The van der Waals surface area contributed by atoms with Crippen LogP contribution in [0.4, 0.5) is 0 Å². The van der Waals surface area contributed by atoms with Gasteiger partial charge in [0.15, 0.2) is 0 Å². The van der Waals surface area contributed by atoms with Crippen LogP contribution in [0.1, 0.15) is 36.8 Å². The van der Waals surface area contributed by atoms with Crippen molar-refractivity contribution in [2.24, 2.45) is 11.8 Å². The third-order valence-corrected chi connectivity index (χ3v) is 6.62. The van der Waals surface area contributed by atoms with E-state index in [9.17, 15) is 0 Å². The molecule has 0 bridgehead atoms. The lowest BCUT2D eigenvalue weighted by atomic mass is 9.84. The fraction of sp³-hybridized carbons (Fsp3) is 0.500. The Morgan fingerprint density at radius 1 is 1.00 bits per heavy atom. The van der Waals surface area contributed by atoms with Gasteiger partial charge in [0.05, 0.1) is 5.69 Å². The maximum absolute atomic E-state index is 4.19. The number of hydrogen-bond acceptors (Lipinski definition) is 2. The van der Waals surface area contributed by atoms with Gasteiger partial charge in [-0.15, -0.1) is 0 Å². The van der Waals surface area contributed by atoms with E-state index < -0.39 is 0 Å². The van der Waals surface area contributed by atoms with Gasteiger partial charge in [0, 0.05) is 48.0 Å². The molecule has 0 radical (unpaired) electrons. The first-order chi connectivity index (χ1) is 12.8. The quantitative estimate of drug-likeness (QED) is 0.704. The summed E-state index contributed by atoms with van der Waals surface area (Å²) in [6.07, 6.45) is 12.2. The Labute approximate surface area is 154 Å². The van der Waals surface area contributed by atoms with Crippen LogP contribution in [-0.2, 0) is 12.8 Å². The number of hydrogen-bond donors (Lipinski definition) is 2. The van der Waals surface area contributed by atoms with E-state index in [1.165, 1.54) is 72.8 Å². The summed E-state index contributed by atoms with van der Waals surface area (Å²) in [5.74, 6) is 1.92. The molecule has 0 saturated heterocycles. The van der Waals surface area contributed by atoms with E-state index in [0.29, 0.717) is 6.04 Å². The Bertz CT molecular complexity index is 917. The van der Waals surface area contributed by atoms with E-state index in [4.69, 9.17) is 0 Å². The summed E-state index contributed by atoms with van der Waals surface area (Å²) in [7, 11) is 0. The highest BCUT2D eigenvalue weighted by molar-refractivity contribution is 5.93. The van der Waals surface area contributed by atoms with Crippen molar-refractivity contribution in [2.75, 3.05) is 13.1 Å². The van der Waals surface area contributed by atoms with Gasteiger partial charge in [-0.3, -0.25) is 10.00 Å². The lowest BCUT2D eigenvalue weighted by Gasteiger charge is -2.35. The summed E-state index contributed by atoms with van der Waals surface area (Å²) in [4.78, 5) is 6.36. The summed E-state index contributed by atoms with van der Waals surface area (Å²) in [5.41, 5.74) is 6.77. The number of benzene rings is 1. The standard InChI is InChI=1S/C22H26N4/c1-2-14(1)12-26(13-15-3-4-15)17-9-16-11-23-21-6-5-18(19(10-17)22(16)21)20-7-8-24-25-20/h5-8,11,14-15,17,23H,1-4,9-10,12-13H2,(H,24,25)/t17-/m0/s1. The molecule has 3 aliphatic rings. The molecule has 2 saturated carbocycles. The monoisotopic (exact) mass is 346 g/mol. The van der Waals surface area contributed by atoms with E-state index in [2.05, 4.69) is 44.5 Å². The molecule has 0 unspecified atom stereocenters. The average molecular weight is 346 g/mol. The van der Waals surface area contributed by atoms with Crippen LogP contribution in [0.2, 0.25) is 0 Å². The van der Waals surface area contributed by atoms with Crippen molar-refractivity contribution in [1.82, 2.24) is 20.1 Å². The van der Waals surface area contributed by atoms with Gasteiger partial charge in [-0.1, -0.05) is 6.07 Å². The molecule has 26 heavy (non-hydrogen) atoms. The van der Waals surface area contributed by atoms with Crippen LogP contribution in [0, 0.1) is 11.8 Å². The van der Waals surface area contributed by atoms with Crippen LogP contribution in [0.25, 0.3) is 22.2 Å². The van der Waals surface area contributed by atoms with Gasteiger partial charge in [0.1, 0.15) is 0 Å². The van der Waals surface area contributed by atoms with Crippen LogP contribution < -0.4 is 0 Å². The topological polar surface area (TPSA) is 47.7 Å². The third-order valence-electron chi connectivity index (χ3n) is 6.62. The van der Waals surface area contributed by atoms with Gasteiger partial charge in [0.25, 0.3) is 0 Å². The van der Waals surface area contributed by atoms with Gasteiger partial charge in [-0.25, -0.2) is 0 Å². The fourth-order valence-electron chi connectivity index (χ4n) is 4.86. The predicted molar refractivity (Wildman–Crippen MR) is 104 cm³/mol. The van der Waals surface area contributed by atoms with Gasteiger partial charge in [-0.05, 0) is 73.6 Å². The fourth-order valence-corrected chi connectivity index (χ4v) is 4.86. The maximum Gasteiger partial charge on any atom is 0.0653 e. The molecule has 6 rings (SSSR count). The lowest BCUT2D eigenvalue weighted by Crippen LogP contribution is -2.42. The van der Waals surface area contributed by atoms with Crippen molar-refractivity contribution >= 4 is 10.9 Å². The summed E-state index contributed by atoms with van der Waals surface area (Å²) in [6.45, 7) is 2.63. The van der Waals surface area contributed by atoms with Gasteiger partial charge < -0.3 is 4.98 Å². The minimum atomic E-state index is 0.645. The molecule has 1 atom stereocenters. The third kappa shape index (κ3) is 2.59. The van der Waals surface area contributed by atoms with Gasteiger partial charge in [-0.2, -0.15) is 5.10 Å². The second-order valence-electron chi connectivity index (χ2n) is 8.70. The SMILES string of the molecule is c1cc(-c2ccc3[nH]cc4c3c2C[C@@H](N(CC2CC2)CC2CC2)C4)[nH]n1. The lowest BCUT2D eigenvalue weighted by molar-refractivity contribution is 0.176. The number of H-pyrrole nitrogens is 2. The largest absolute Gasteiger partial charge is 0.361 e. The Kier molecular flexibility index (Phi) is 3.30. The van der Waals surface area contributed by atoms with Crippen LogP contribution in [0.5, 0.6) is 0 Å². The van der Waals surface area contributed by atoms with E-state index in [0.717, 1.165) is 24.0 Å². The number of nitrogens with one attached hydrogen (secondary N) is 2.